The maximum Gasteiger partial charge on any atom is 0.0944 e. The van der Waals surface area contributed by atoms with Crippen LogP contribution in [0.25, 0.3) is 0 Å². The second kappa shape index (κ2) is 4.20. The lowest BCUT2D eigenvalue weighted by atomic mass is 11.2. The summed E-state index contributed by atoms with van der Waals surface area (Å²) >= 11 is 1.89. The van der Waals surface area contributed by atoms with E-state index in [1.165, 1.54) is 0 Å². The highest BCUT2D eigenvalue weighted by Crippen LogP contribution is 1.72. The molecule has 0 saturated carbocycles. The minimum Gasteiger partial charge on any atom is -0.379 e. The predicted octanol–water partition coefficient (Wildman–Crippen LogP) is 0.584. The molecule has 0 radical (unpaired) electrons. The van der Waals surface area contributed by atoms with E-state index in [-0.39, 0.29) is 0 Å². The van der Waals surface area contributed by atoms with Crippen molar-refractivity contribution in [2.24, 2.45) is 3.21 Å². The molecule has 0 fully saturated rings. The number of hydrogen-bond donors (Lipinski definition) is 1. The van der Waals surface area contributed by atoms with Crippen LogP contribution in [0.2, 0.25) is 0 Å². The molecule has 0 aliphatic heterocycles. The van der Waals surface area contributed by atoms with E-state index in [0.29, 0.717) is 0 Å². The molecule has 1 N–H and O–H groups in total. The normalized spacial score (nSPS) is 9.20. The van der Waals surface area contributed by atoms with Crippen molar-refractivity contribution in [3.05, 3.63) is 0 Å². The van der Waals surface area contributed by atoms with Gasteiger partial charge in [-0.15, -0.1) is 0 Å². The van der Waals surface area contributed by atoms with Gasteiger partial charge in [0, 0.05) is 7.05 Å². The third-order valence-electron chi connectivity index (χ3n) is 0.178. The van der Waals surface area contributed by atoms with Crippen molar-refractivity contribution in [3.63, 3.8) is 0 Å². The van der Waals surface area contributed by atoms with Crippen LogP contribution < -0.4 is 5.32 Å². The highest BCUT2D eigenvalue weighted by molar-refractivity contribution is 14.1. The Bertz CT molecular complexity index is 34.6. The monoisotopic (exact) mass is 184 g/mol. The quantitative estimate of drug-likeness (QED) is 0.360. The molecule has 0 atom stereocenters. The zero-order valence-corrected chi connectivity index (χ0v) is 5.06. The number of rotatable bonds is 1. The molecule has 0 amide bonds. The summed E-state index contributed by atoms with van der Waals surface area (Å²) in [6.07, 6.45) is 1.61. The Morgan fingerprint density at radius 2 is 2.60 bits per heavy atom. The smallest absolute Gasteiger partial charge is 0.0944 e. The van der Waals surface area contributed by atoms with E-state index in [1.807, 2.05) is 29.9 Å². The Hall–Kier alpha value is 0.200. The molecular formula is C2H5IN2. The molecule has 2 nitrogen and oxygen atoms in total. The minimum atomic E-state index is 1.61. The lowest BCUT2D eigenvalue weighted by Crippen LogP contribution is -1.98. The lowest BCUT2D eigenvalue weighted by Gasteiger charge is -1.72. The average molecular weight is 184 g/mol. The first-order valence-electron chi connectivity index (χ1n) is 1.22. The van der Waals surface area contributed by atoms with Crippen LogP contribution in [0.3, 0.4) is 0 Å². The summed E-state index contributed by atoms with van der Waals surface area (Å²) in [5.41, 5.74) is 0. The fraction of sp³-hybridized carbons (Fsp3) is 0.500. The van der Waals surface area contributed by atoms with Crippen LogP contribution in [-0.2, 0) is 0 Å². The molecule has 0 bridgehead atoms. The molecule has 0 aromatic rings. The first kappa shape index (κ1) is 5.20. The van der Waals surface area contributed by atoms with Crippen LogP contribution in [0.5, 0.6) is 0 Å². The summed E-state index contributed by atoms with van der Waals surface area (Å²) in [6.45, 7) is 0. The van der Waals surface area contributed by atoms with Gasteiger partial charge in [0.25, 0.3) is 0 Å². The molecular weight excluding hydrogens is 179 g/mol. The van der Waals surface area contributed by atoms with Crippen molar-refractivity contribution in [2.45, 2.75) is 0 Å². The molecule has 30 valence electrons. The first-order valence-corrected chi connectivity index (χ1v) is 2.18. The van der Waals surface area contributed by atoms with Gasteiger partial charge in [-0.3, -0.25) is 0 Å². The molecule has 0 rings (SSSR count). The maximum atomic E-state index is 3.59. The maximum absolute atomic E-state index is 3.59. The second-order valence-corrected chi connectivity index (χ2v) is 1.07. The molecule has 5 heavy (non-hydrogen) atoms. The molecule has 0 spiro atoms. The van der Waals surface area contributed by atoms with Crippen molar-refractivity contribution < 1.29 is 0 Å². The predicted molar refractivity (Wildman–Crippen MR) is 31.6 cm³/mol. The van der Waals surface area contributed by atoms with Crippen molar-refractivity contribution in [3.8, 4) is 0 Å². The molecule has 0 saturated heterocycles. The Labute approximate surface area is 45.2 Å². The van der Waals surface area contributed by atoms with Crippen molar-refractivity contribution in [1.82, 2.24) is 5.32 Å². The highest BCUT2D eigenvalue weighted by Gasteiger charge is 1.47. The number of nitrogens with one attached hydrogen (secondary N) is 1. The number of nitrogens with zero attached hydrogens (tertiary/aromatic N) is 1. The summed E-state index contributed by atoms with van der Waals surface area (Å²) in [4.78, 5) is 0. The van der Waals surface area contributed by atoms with E-state index in [9.17, 15) is 0 Å². The van der Waals surface area contributed by atoms with E-state index in [4.69, 9.17) is 0 Å². The van der Waals surface area contributed by atoms with Crippen molar-refractivity contribution in [2.75, 3.05) is 7.05 Å². The topological polar surface area (TPSA) is 24.4 Å². The van der Waals surface area contributed by atoms with E-state index in [0.717, 1.165) is 0 Å². The Morgan fingerprint density at radius 3 is 2.60 bits per heavy atom. The standard InChI is InChI=1S/C2H5IN2/c1-4-2-5-3/h2H,1H3,(H,4,5). The largest absolute Gasteiger partial charge is 0.379 e. The van der Waals surface area contributed by atoms with Gasteiger partial charge in [-0.25, -0.2) is 3.21 Å². The van der Waals surface area contributed by atoms with E-state index in [2.05, 4.69) is 8.52 Å². The number of halogens is 1. The summed E-state index contributed by atoms with van der Waals surface area (Å²) < 4.78 is 3.59. The van der Waals surface area contributed by atoms with E-state index in [1.54, 1.807) is 6.34 Å². The van der Waals surface area contributed by atoms with Gasteiger partial charge in [0.1, 0.15) is 0 Å². The third kappa shape index (κ3) is 4.20. The first-order chi connectivity index (χ1) is 2.41. The van der Waals surface area contributed by atoms with Gasteiger partial charge in [0.15, 0.2) is 0 Å². The van der Waals surface area contributed by atoms with Gasteiger partial charge in [0.05, 0.1) is 29.2 Å². The summed E-state index contributed by atoms with van der Waals surface area (Å²) in [7, 11) is 1.81. The zero-order valence-electron chi connectivity index (χ0n) is 2.90. The zero-order chi connectivity index (χ0) is 4.12. The van der Waals surface area contributed by atoms with Crippen LogP contribution >= 0.6 is 22.9 Å². The molecule has 0 aromatic heterocycles. The van der Waals surface area contributed by atoms with Gasteiger partial charge in [-0.05, 0) is 0 Å². The molecule has 0 aliphatic carbocycles. The summed E-state index contributed by atoms with van der Waals surface area (Å²) in [5, 5.41) is 2.72. The highest BCUT2D eigenvalue weighted by atomic mass is 127. The Morgan fingerprint density at radius 1 is 2.00 bits per heavy atom. The molecule has 0 aromatic carbocycles. The molecule has 3 heteroatoms. The Kier molecular flexibility index (Phi) is 4.37. The fourth-order valence-electron chi connectivity index (χ4n) is 0.0488. The van der Waals surface area contributed by atoms with E-state index < -0.39 is 0 Å². The van der Waals surface area contributed by atoms with Gasteiger partial charge in [0.2, 0.25) is 0 Å². The summed E-state index contributed by atoms with van der Waals surface area (Å²) in [6, 6.07) is 0. The number of hydrogen-bond acceptors (Lipinski definition) is 1. The van der Waals surface area contributed by atoms with Gasteiger partial charge < -0.3 is 5.32 Å². The Balaban J connectivity index is 2.62. The van der Waals surface area contributed by atoms with Gasteiger partial charge >= 0.3 is 0 Å². The summed E-state index contributed by atoms with van der Waals surface area (Å²) in [5.74, 6) is 0. The van der Waals surface area contributed by atoms with E-state index >= 15 is 0 Å². The second-order valence-electron chi connectivity index (χ2n) is 0.515. The lowest BCUT2D eigenvalue weighted by molar-refractivity contribution is 1.22. The van der Waals surface area contributed by atoms with Crippen LogP contribution in [0.15, 0.2) is 3.21 Å². The van der Waals surface area contributed by atoms with Crippen LogP contribution in [0.4, 0.5) is 0 Å². The van der Waals surface area contributed by atoms with Crippen molar-refractivity contribution >= 4 is 29.2 Å². The molecule has 0 unspecified atom stereocenters. The fourth-order valence-corrected chi connectivity index (χ4v) is 0.327. The minimum absolute atomic E-state index is 1.61. The van der Waals surface area contributed by atoms with Crippen LogP contribution in [0, 0.1) is 0 Å². The van der Waals surface area contributed by atoms with Crippen LogP contribution in [-0.4, -0.2) is 13.4 Å². The van der Waals surface area contributed by atoms with Gasteiger partial charge in [-0.1, -0.05) is 0 Å². The SMILES string of the molecule is CN/C=N/I. The molecule has 0 heterocycles. The average Bonchev–Trinajstić information content (AvgIpc) is 1.41. The third-order valence-corrected chi connectivity index (χ3v) is 0.456. The van der Waals surface area contributed by atoms with Crippen LogP contribution in [0.1, 0.15) is 0 Å². The van der Waals surface area contributed by atoms with Crippen molar-refractivity contribution in [1.29, 1.82) is 0 Å². The van der Waals surface area contributed by atoms with Gasteiger partial charge in [-0.2, -0.15) is 0 Å². The molecule has 0 aliphatic rings.